The number of fused-ring (bicyclic) bond motifs is 1. The second-order valence-electron chi connectivity index (χ2n) is 9.27. The number of piperidine rings is 1. The zero-order valence-electron chi connectivity index (χ0n) is 19.1. The number of carbonyl (C=O) groups is 1. The maximum atomic E-state index is 12.0. The molecule has 4 rings (SSSR count). The van der Waals surface area contributed by atoms with Crippen LogP contribution in [0.25, 0.3) is 10.9 Å². The number of nitrogens with one attached hydrogen (secondary N) is 1. The molecule has 31 heavy (non-hydrogen) atoms. The van der Waals surface area contributed by atoms with Crippen LogP contribution in [0.2, 0.25) is 0 Å². The van der Waals surface area contributed by atoms with E-state index in [0.717, 1.165) is 25.2 Å². The molecule has 164 valence electrons. The highest BCUT2D eigenvalue weighted by molar-refractivity contribution is 5.92. The van der Waals surface area contributed by atoms with E-state index in [1.54, 1.807) is 0 Å². The predicted molar refractivity (Wildman–Crippen MR) is 130 cm³/mol. The summed E-state index contributed by atoms with van der Waals surface area (Å²) in [7, 11) is 2.14. The Bertz CT molecular complexity index is 1030. The third kappa shape index (κ3) is 5.19. The first-order chi connectivity index (χ1) is 15.0. The van der Waals surface area contributed by atoms with Crippen molar-refractivity contribution in [3.8, 4) is 0 Å². The van der Waals surface area contributed by atoms with Crippen molar-refractivity contribution in [2.45, 2.75) is 45.4 Å². The van der Waals surface area contributed by atoms with Gasteiger partial charge >= 0.3 is 0 Å². The molecule has 1 N–H and O–H groups in total. The number of aromatic nitrogens is 1. The summed E-state index contributed by atoms with van der Waals surface area (Å²) in [5.41, 5.74) is 5.07. The van der Waals surface area contributed by atoms with E-state index in [1.165, 1.54) is 47.8 Å². The van der Waals surface area contributed by atoms with Gasteiger partial charge in [0.15, 0.2) is 0 Å². The van der Waals surface area contributed by atoms with Crippen LogP contribution >= 0.6 is 0 Å². The van der Waals surface area contributed by atoms with Gasteiger partial charge in [-0.1, -0.05) is 44.2 Å². The zero-order chi connectivity index (χ0) is 21.8. The molecule has 1 aromatic heterocycles. The molecule has 1 aliphatic rings. The van der Waals surface area contributed by atoms with Crippen molar-refractivity contribution in [2.24, 2.45) is 13.0 Å². The van der Waals surface area contributed by atoms with E-state index in [9.17, 15) is 4.79 Å². The maximum absolute atomic E-state index is 12.0. The highest BCUT2D eigenvalue weighted by atomic mass is 16.1. The number of amides is 1. The summed E-state index contributed by atoms with van der Waals surface area (Å²) in [4.78, 5) is 14.6. The van der Waals surface area contributed by atoms with Crippen molar-refractivity contribution in [1.29, 1.82) is 0 Å². The van der Waals surface area contributed by atoms with Gasteiger partial charge in [0.05, 0.1) is 0 Å². The summed E-state index contributed by atoms with van der Waals surface area (Å²) in [6.07, 6.45) is 7.02. The van der Waals surface area contributed by atoms with Gasteiger partial charge in [0.25, 0.3) is 0 Å². The third-order valence-corrected chi connectivity index (χ3v) is 6.64. The predicted octanol–water partition coefficient (Wildman–Crippen LogP) is 5.59. The molecule has 1 aliphatic heterocycles. The van der Waals surface area contributed by atoms with E-state index in [4.69, 9.17) is 0 Å². The van der Waals surface area contributed by atoms with Gasteiger partial charge in [-0.3, -0.25) is 4.79 Å². The van der Waals surface area contributed by atoms with E-state index in [0.29, 0.717) is 5.92 Å². The Kier molecular flexibility index (Phi) is 6.77. The normalized spacial score (nSPS) is 15.6. The number of rotatable bonds is 7. The van der Waals surface area contributed by atoms with Crippen LogP contribution in [0.5, 0.6) is 0 Å². The number of hydrogen-bond acceptors (Lipinski definition) is 2. The third-order valence-electron chi connectivity index (χ3n) is 6.64. The Labute approximate surface area is 186 Å². The van der Waals surface area contributed by atoms with Crippen molar-refractivity contribution >= 4 is 22.5 Å². The summed E-state index contributed by atoms with van der Waals surface area (Å²) in [5, 5.41) is 4.43. The van der Waals surface area contributed by atoms with Crippen molar-refractivity contribution in [3.63, 3.8) is 0 Å². The molecule has 0 unspecified atom stereocenters. The minimum absolute atomic E-state index is 0.000713. The van der Waals surface area contributed by atoms with Crippen LogP contribution in [0.3, 0.4) is 0 Å². The number of para-hydroxylation sites is 1. The highest BCUT2D eigenvalue weighted by Gasteiger charge is 2.21. The highest BCUT2D eigenvalue weighted by Crippen LogP contribution is 2.30. The topological polar surface area (TPSA) is 37.3 Å². The lowest BCUT2D eigenvalue weighted by Crippen LogP contribution is -2.33. The van der Waals surface area contributed by atoms with E-state index < -0.39 is 0 Å². The first kappa shape index (κ1) is 21.6. The standard InChI is InChI=1S/C27H35N3O/c1-20(2)27(31)28-24-10-6-8-22(18-24)21-13-16-30(17-14-21)15-7-9-23-19-29(3)26-12-5-4-11-25(23)26/h4-6,8,10-12,18-21H,7,9,13-17H2,1-3H3,(H,28,31). The molecule has 0 aliphatic carbocycles. The largest absolute Gasteiger partial charge is 0.350 e. The molecule has 2 heterocycles. The molecule has 1 amide bonds. The number of anilines is 1. The van der Waals surface area contributed by atoms with Crippen LogP contribution in [0.1, 0.15) is 50.2 Å². The number of nitrogens with zero attached hydrogens (tertiary/aromatic N) is 2. The average Bonchev–Trinajstić information content (AvgIpc) is 3.10. The summed E-state index contributed by atoms with van der Waals surface area (Å²) >= 11 is 0. The average molecular weight is 418 g/mol. The summed E-state index contributed by atoms with van der Waals surface area (Å²) in [6, 6.07) is 17.1. The number of benzene rings is 2. The number of carbonyl (C=O) groups excluding carboxylic acids is 1. The molecule has 1 fully saturated rings. The lowest BCUT2D eigenvalue weighted by Gasteiger charge is -2.32. The molecule has 0 bridgehead atoms. The van der Waals surface area contributed by atoms with Crippen LogP contribution in [0.15, 0.2) is 54.7 Å². The van der Waals surface area contributed by atoms with Crippen LogP contribution in [-0.2, 0) is 18.3 Å². The van der Waals surface area contributed by atoms with Gasteiger partial charge in [0, 0.05) is 35.8 Å². The van der Waals surface area contributed by atoms with Crippen LogP contribution in [0.4, 0.5) is 5.69 Å². The van der Waals surface area contributed by atoms with E-state index in [1.807, 2.05) is 19.9 Å². The molecule has 3 aromatic rings. The molecule has 0 saturated carbocycles. The van der Waals surface area contributed by atoms with Gasteiger partial charge in [-0.05, 0) is 80.6 Å². The second-order valence-corrected chi connectivity index (χ2v) is 9.27. The fourth-order valence-electron chi connectivity index (χ4n) is 4.76. The number of hydrogen-bond donors (Lipinski definition) is 1. The van der Waals surface area contributed by atoms with E-state index in [-0.39, 0.29) is 11.8 Å². The molecule has 4 heteroatoms. The molecule has 0 spiro atoms. The first-order valence-corrected chi connectivity index (χ1v) is 11.7. The lowest BCUT2D eigenvalue weighted by molar-refractivity contribution is -0.118. The summed E-state index contributed by atoms with van der Waals surface area (Å²) in [5.74, 6) is 0.671. The van der Waals surface area contributed by atoms with Crippen molar-refractivity contribution < 1.29 is 4.79 Å². The van der Waals surface area contributed by atoms with Crippen LogP contribution in [-0.4, -0.2) is 35.0 Å². The molecule has 0 atom stereocenters. The minimum Gasteiger partial charge on any atom is -0.350 e. The molecule has 1 saturated heterocycles. The number of likely N-dealkylation sites (tertiary alicyclic amines) is 1. The lowest BCUT2D eigenvalue weighted by atomic mass is 9.89. The van der Waals surface area contributed by atoms with Gasteiger partial charge in [-0.25, -0.2) is 0 Å². The van der Waals surface area contributed by atoms with Gasteiger partial charge in [-0.2, -0.15) is 0 Å². The summed E-state index contributed by atoms with van der Waals surface area (Å²) in [6.45, 7) is 7.33. The van der Waals surface area contributed by atoms with E-state index >= 15 is 0 Å². The Morgan fingerprint density at radius 1 is 1.10 bits per heavy atom. The van der Waals surface area contributed by atoms with Crippen molar-refractivity contribution in [1.82, 2.24) is 9.47 Å². The van der Waals surface area contributed by atoms with Gasteiger partial charge in [-0.15, -0.1) is 0 Å². The number of aryl methyl sites for hydroxylation is 2. The Morgan fingerprint density at radius 2 is 1.87 bits per heavy atom. The van der Waals surface area contributed by atoms with Gasteiger partial charge in [0.2, 0.25) is 5.91 Å². The molecule has 2 aromatic carbocycles. The fourth-order valence-corrected chi connectivity index (χ4v) is 4.76. The zero-order valence-corrected chi connectivity index (χ0v) is 19.1. The second kappa shape index (κ2) is 9.69. The van der Waals surface area contributed by atoms with Gasteiger partial charge < -0.3 is 14.8 Å². The molecule has 0 radical (unpaired) electrons. The molecule has 4 nitrogen and oxygen atoms in total. The van der Waals surface area contributed by atoms with E-state index in [2.05, 4.69) is 70.5 Å². The van der Waals surface area contributed by atoms with Crippen molar-refractivity contribution in [3.05, 3.63) is 65.9 Å². The molecular formula is C27H35N3O. The fraction of sp³-hybridized carbons (Fsp3) is 0.444. The Balaban J connectivity index is 1.27. The smallest absolute Gasteiger partial charge is 0.226 e. The van der Waals surface area contributed by atoms with Crippen molar-refractivity contribution in [2.75, 3.05) is 25.0 Å². The Morgan fingerprint density at radius 3 is 2.65 bits per heavy atom. The quantitative estimate of drug-likeness (QED) is 0.544. The molecular weight excluding hydrogens is 382 g/mol. The monoisotopic (exact) mass is 417 g/mol. The van der Waals surface area contributed by atoms with Crippen LogP contribution in [0, 0.1) is 5.92 Å². The SMILES string of the molecule is CC(C)C(=O)Nc1cccc(C2CCN(CCCc3cn(C)c4ccccc34)CC2)c1. The van der Waals surface area contributed by atoms with Crippen LogP contribution < -0.4 is 5.32 Å². The first-order valence-electron chi connectivity index (χ1n) is 11.7. The van der Waals surface area contributed by atoms with Gasteiger partial charge in [0.1, 0.15) is 0 Å². The summed E-state index contributed by atoms with van der Waals surface area (Å²) < 4.78 is 2.24. The minimum atomic E-state index is 0.000713. The Hall–Kier alpha value is -2.59. The maximum Gasteiger partial charge on any atom is 0.226 e.